The third-order valence-corrected chi connectivity index (χ3v) is 3.95. The van der Waals surface area contributed by atoms with Crippen LogP contribution < -0.4 is 0 Å². The highest BCUT2D eigenvalue weighted by molar-refractivity contribution is 5.54. The molecule has 4 nitrogen and oxygen atoms in total. The van der Waals surface area contributed by atoms with Gasteiger partial charge in [0, 0.05) is 12.0 Å². The molecule has 1 fully saturated rings. The van der Waals surface area contributed by atoms with E-state index in [0.717, 1.165) is 37.8 Å². The number of aliphatic hydroxyl groups is 1. The first-order valence-corrected chi connectivity index (χ1v) is 7.09. The Bertz CT molecular complexity index is 630. The first-order chi connectivity index (χ1) is 10.1. The third kappa shape index (κ3) is 3.10. The molecule has 1 aromatic heterocycles. The highest BCUT2D eigenvalue weighted by Gasteiger charge is 2.25. The number of aliphatic hydroxyl groups excluding tert-OH is 1. The maximum absolute atomic E-state index is 13.2. The summed E-state index contributed by atoms with van der Waals surface area (Å²) in [5, 5.41) is 13.7. The second-order valence-corrected chi connectivity index (χ2v) is 5.46. The van der Waals surface area contributed by atoms with Crippen LogP contribution in [0.2, 0.25) is 0 Å². The number of aromatic nitrogens is 2. The minimum atomic E-state index is -0.943. The van der Waals surface area contributed by atoms with Gasteiger partial charge in [0.15, 0.2) is 11.6 Å². The molecule has 0 saturated heterocycles. The largest absolute Gasteiger partial charge is 0.393 e. The molecular weight excluding hydrogens is 278 g/mol. The summed E-state index contributed by atoms with van der Waals surface area (Å²) in [7, 11) is 0. The maximum Gasteiger partial charge on any atom is 0.227 e. The zero-order chi connectivity index (χ0) is 14.8. The van der Waals surface area contributed by atoms with Crippen molar-refractivity contribution < 1.29 is 18.4 Å². The van der Waals surface area contributed by atoms with E-state index in [1.54, 1.807) is 0 Å². The molecule has 0 amide bonds. The monoisotopic (exact) mass is 294 g/mol. The first-order valence-electron chi connectivity index (χ1n) is 7.09. The zero-order valence-corrected chi connectivity index (χ0v) is 11.4. The van der Waals surface area contributed by atoms with E-state index in [9.17, 15) is 13.9 Å². The molecule has 1 heterocycles. The van der Waals surface area contributed by atoms with Gasteiger partial charge < -0.3 is 9.63 Å². The lowest BCUT2D eigenvalue weighted by molar-refractivity contribution is 0.0657. The van der Waals surface area contributed by atoms with Crippen molar-refractivity contribution in [2.45, 2.75) is 38.2 Å². The molecule has 0 radical (unpaired) electrons. The first kappa shape index (κ1) is 14.1. The highest BCUT2D eigenvalue weighted by Crippen LogP contribution is 2.27. The molecule has 2 atom stereocenters. The van der Waals surface area contributed by atoms with Crippen LogP contribution in [-0.4, -0.2) is 21.4 Å². The smallest absolute Gasteiger partial charge is 0.227 e. The van der Waals surface area contributed by atoms with Crippen molar-refractivity contribution in [3.63, 3.8) is 0 Å². The Morgan fingerprint density at radius 3 is 2.76 bits per heavy atom. The quantitative estimate of drug-likeness (QED) is 0.945. The van der Waals surface area contributed by atoms with E-state index in [1.807, 2.05) is 0 Å². The average Bonchev–Trinajstić information content (AvgIpc) is 2.93. The Balaban J connectivity index is 1.75. The second-order valence-electron chi connectivity index (χ2n) is 5.46. The summed E-state index contributed by atoms with van der Waals surface area (Å²) in [6.07, 6.45) is 4.04. The summed E-state index contributed by atoms with van der Waals surface area (Å²) < 4.78 is 31.3. The molecule has 0 aliphatic heterocycles. The molecule has 112 valence electrons. The normalized spacial score (nSPS) is 22.4. The molecule has 1 saturated carbocycles. The third-order valence-electron chi connectivity index (χ3n) is 3.95. The van der Waals surface area contributed by atoms with Crippen molar-refractivity contribution in [2.75, 3.05) is 0 Å². The van der Waals surface area contributed by atoms with Gasteiger partial charge in [0.25, 0.3) is 0 Å². The number of hydrogen-bond donors (Lipinski definition) is 1. The van der Waals surface area contributed by atoms with Gasteiger partial charge in [0.1, 0.15) is 0 Å². The van der Waals surface area contributed by atoms with E-state index in [0.29, 0.717) is 17.9 Å². The van der Waals surface area contributed by atoms with E-state index in [2.05, 4.69) is 10.1 Å². The van der Waals surface area contributed by atoms with Crippen LogP contribution in [0.3, 0.4) is 0 Å². The van der Waals surface area contributed by atoms with E-state index in [-0.39, 0.29) is 17.8 Å². The lowest BCUT2D eigenvalue weighted by Crippen LogP contribution is -2.26. The number of hydrogen-bond acceptors (Lipinski definition) is 4. The van der Waals surface area contributed by atoms with Gasteiger partial charge in [-0.2, -0.15) is 4.98 Å². The van der Waals surface area contributed by atoms with Gasteiger partial charge in [0.05, 0.1) is 6.10 Å². The van der Waals surface area contributed by atoms with Crippen molar-refractivity contribution in [3.05, 3.63) is 35.7 Å². The topological polar surface area (TPSA) is 59.2 Å². The van der Waals surface area contributed by atoms with Crippen LogP contribution in [0, 0.1) is 17.6 Å². The van der Waals surface area contributed by atoms with Crippen LogP contribution in [-0.2, 0) is 6.42 Å². The summed E-state index contributed by atoms with van der Waals surface area (Å²) in [5.41, 5.74) is 0.369. The molecule has 2 aromatic rings. The second kappa shape index (κ2) is 5.89. The van der Waals surface area contributed by atoms with E-state index in [1.165, 1.54) is 6.07 Å². The lowest BCUT2D eigenvalue weighted by atomic mass is 9.84. The molecule has 1 aromatic carbocycles. The van der Waals surface area contributed by atoms with E-state index in [4.69, 9.17) is 4.52 Å². The molecule has 3 rings (SSSR count). The van der Waals surface area contributed by atoms with Crippen LogP contribution in [0.25, 0.3) is 11.4 Å². The number of nitrogens with zero attached hydrogens (tertiary/aromatic N) is 2. The van der Waals surface area contributed by atoms with Gasteiger partial charge in [-0.05, 0) is 37.0 Å². The molecule has 1 aliphatic carbocycles. The Morgan fingerprint density at radius 1 is 1.19 bits per heavy atom. The van der Waals surface area contributed by atoms with Crippen molar-refractivity contribution in [2.24, 2.45) is 5.92 Å². The van der Waals surface area contributed by atoms with Gasteiger partial charge in [-0.25, -0.2) is 8.78 Å². The van der Waals surface area contributed by atoms with Gasteiger partial charge in [0.2, 0.25) is 11.7 Å². The van der Waals surface area contributed by atoms with Gasteiger partial charge >= 0.3 is 0 Å². The Hall–Kier alpha value is -1.82. The van der Waals surface area contributed by atoms with Crippen molar-refractivity contribution in [1.82, 2.24) is 10.1 Å². The van der Waals surface area contributed by atoms with Crippen molar-refractivity contribution in [3.8, 4) is 11.4 Å². The van der Waals surface area contributed by atoms with Crippen molar-refractivity contribution in [1.29, 1.82) is 0 Å². The Kier molecular flexibility index (Phi) is 3.96. The molecular formula is C15H16F2N2O2. The number of rotatable bonds is 3. The fourth-order valence-electron chi connectivity index (χ4n) is 2.74. The van der Waals surface area contributed by atoms with Gasteiger partial charge in [-0.3, -0.25) is 0 Å². The van der Waals surface area contributed by atoms with Crippen LogP contribution in [0.4, 0.5) is 8.78 Å². The molecule has 2 unspecified atom stereocenters. The molecule has 1 N–H and O–H groups in total. The van der Waals surface area contributed by atoms with E-state index >= 15 is 0 Å². The Labute approximate surface area is 120 Å². The minimum absolute atomic E-state index is 0.122. The summed E-state index contributed by atoms with van der Waals surface area (Å²) in [5.74, 6) is -1.08. The molecule has 1 aliphatic rings. The minimum Gasteiger partial charge on any atom is -0.393 e. The van der Waals surface area contributed by atoms with Crippen LogP contribution >= 0.6 is 0 Å². The molecule has 21 heavy (non-hydrogen) atoms. The van der Waals surface area contributed by atoms with Crippen LogP contribution in [0.15, 0.2) is 22.7 Å². The van der Waals surface area contributed by atoms with Gasteiger partial charge in [-0.1, -0.05) is 18.0 Å². The summed E-state index contributed by atoms with van der Waals surface area (Å²) in [6.45, 7) is 0. The maximum atomic E-state index is 13.2. The average molecular weight is 294 g/mol. The molecule has 0 bridgehead atoms. The predicted molar refractivity (Wildman–Crippen MR) is 71.3 cm³/mol. The summed E-state index contributed by atoms with van der Waals surface area (Å²) in [6, 6.07) is 3.48. The predicted octanol–water partition coefficient (Wildman–Crippen LogP) is 3.11. The standard InChI is InChI=1S/C15H16F2N2O2/c16-11-6-5-10(7-12(11)17)15-18-14(21-19-15)8-9-3-1-2-4-13(9)20/h5-7,9,13,20H,1-4,8H2. The van der Waals surface area contributed by atoms with Crippen molar-refractivity contribution >= 4 is 0 Å². The molecule has 6 heteroatoms. The zero-order valence-electron chi connectivity index (χ0n) is 11.4. The molecule has 0 spiro atoms. The summed E-state index contributed by atoms with van der Waals surface area (Å²) in [4.78, 5) is 4.20. The number of halogens is 2. The SMILES string of the molecule is OC1CCCCC1Cc1nc(-c2ccc(F)c(F)c2)no1. The van der Waals surface area contributed by atoms with Gasteiger partial charge in [-0.15, -0.1) is 0 Å². The van der Waals surface area contributed by atoms with Crippen LogP contribution in [0.1, 0.15) is 31.6 Å². The summed E-state index contributed by atoms with van der Waals surface area (Å²) >= 11 is 0. The van der Waals surface area contributed by atoms with E-state index < -0.39 is 11.6 Å². The highest BCUT2D eigenvalue weighted by atomic mass is 19.2. The lowest BCUT2D eigenvalue weighted by Gasteiger charge is -2.26. The fourth-order valence-corrected chi connectivity index (χ4v) is 2.74. The van der Waals surface area contributed by atoms with Crippen LogP contribution in [0.5, 0.6) is 0 Å². The Morgan fingerprint density at radius 2 is 2.00 bits per heavy atom. The fraction of sp³-hybridized carbons (Fsp3) is 0.467. The number of benzene rings is 1.